The summed E-state index contributed by atoms with van der Waals surface area (Å²) in [5.74, 6) is 0. The molecule has 1 N–H and O–H groups in total. The summed E-state index contributed by atoms with van der Waals surface area (Å²) in [6, 6.07) is 6.30. The average molecular weight is 265 g/mol. The van der Waals surface area contributed by atoms with Crippen molar-refractivity contribution < 1.29 is 0 Å². The van der Waals surface area contributed by atoms with Gasteiger partial charge in [0.15, 0.2) is 4.34 Å². The Hall–Kier alpha value is -1.07. The van der Waals surface area contributed by atoms with E-state index in [0.717, 1.165) is 15.9 Å². The summed E-state index contributed by atoms with van der Waals surface area (Å²) in [4.78, 5) is 0. The summed E-state index contributed by atoms with van der Waals surface area (Å²) in [7, 11) is 0. The van der Waals surface area contributed by atoms with Crippen molar-refractivity contribution in [2.45, 2.75) is 24.7 Å². The minimum absolute atomic E-state index is 0.740. The molecule has 0 bridgehead atoms. The highest BCUT2D eigenvalue weighted by molar-refractivity contribution is 8.00. The van der Waals surface area contributed by atoms with Crippen molar-refractivity contribution >= 4 is 28.8 Å². The van der Waals surface area contributed by atoms with E-state index in [9.17, 15) is 0 Å². The first-order chi connectivity index (χ1) is 8.20. The van der Waals surface area contributed by atoms with Gasteiger partial charge in [-0.05, 0) is 31.2 Å². The smallest absolute Gasteiger partial charge is 0.174 e. The van der Waals surface area contributed by atoms with Crippen LogP contribution in [-0.2, 0) is 6.54 Å². The number of rotatable bonds is 4. The van der Waals surface area contributed by atoms with Crippen molar-refractivity contribution in [3.05, 3.63) is 34.3 Å². The average Bonchev–Trinajstić information content (AvgIpc) is 2.76. The van der Waals surface area contributed by atoms with E-state index in [1.165, 1.54) is 16.8 Å². The molecule has 90 valence electrons. The zero-order chi connectivity index (χ0) is 12.3. The van der Waals surface area contributed by atoms with Gasteiger partial charge in [-0.3, -0.25) is 0 Å². The fourth-order valence-corrected chi connectivity index (χ4v) is 2.90. The lowest BCUT2D eigenvalue weighted by atomic mass is 10.1. The molecule has 2 rings (SSSR count). The summed E-state index contributed by atoms with van der Waals surface area (Å²) in [6.07, 6.45) is 2.02. The molecule has 1 aromatic heterocycles. The van der Waals surface area contributed by atoms with Crippen LogP contribution in [0.3, 0.4) is 0 Å². The molecular formula is C12H15N3S2. The van der Waals surface area contributed by atoms with Gasteiger partial charge in [0, 0.05) is 5.69 Å². The van der Waals surface area contributed by atoms with Crippen LogP contribution in [-0.4, -0.2) is 16.5 Å². The molecule has 0 aliphatic carbocycles. The Bertz CT molecular complexity index is 488. The number of aromatic nitrogens is 2. The van der Waals surface area contributed by atoms with Crippen molar-refractivity contribution in [1.82, 2.24) is 10.2 Å². The Labute approximate surface area is 110 Å². The number of para-hydroxylation sites is 1. The maximum Gasteiger partial charge on any atom is 0.174 e. The van der Waals surface area contributed by atoms with Crippen LogP contribution in [0.15, 0.2) is 22.5 Å². The Balaban J connectivity index is 2.07. The number of aryl methyl sites for hydroxylation is 2. The highest BCUT2D eigenvalue weighted by Gasteiger charge is 2.05. The summed E-state index contributed by atoms with van der Waals surface area (Å²) in [6.45, 7) is 4.97. The maximum atomic E-state index is 4.15. The van der Waals surface area contributed by atoms with Gasteiger partial charge in [0.2, 0.25) is 0 Å². The normalized spacial score (nSPS) is 10.5. The monoisotopic (exact) mass is 265 g/mol. The number of thioether (sulfide) groups is 1. The predicted molar refractivity (Wildman–Crippen MR) is 74.9 cm³/mol. The van der Waals surface area contributed by atoms with Crippen molar-refractivity contribution in [3.8, 4) is 0 Å². The fraction of sp³-hybridized carbons (Fsp3) is 0.333. The Kier molecular flexibility index (Phi) is 4.02. The SMILES string of the molecule is CSc1nnc(CNc2c(C)cccc2C)s1. The van der Waals surface area contributed by atoms with Gasteiger partial charge in [-0.2, -0.15) is 0 Å². The van der Waals surface area contributed by atoms with Gasteiger partial charge in [-0.25, -0.2) is 0 Å². The molecule has 1 heterocycles. The molecule has 0 atom stereocenters. The molecule has 0 radical (unpaired) electrons. The molecule has 1 aromatic carbocycles. The van der Waals surface area contributed by atoms with Crippen LogP contribution in [0.25, 0.3) is 0 Å². The van der Waals surface area contributed by atoms with E-state index in [2.05, 4.69) is 47.6 Å². The van der Waals surface area contributed by atoms with E-state index in [1.807, 2.05) is 6.26 Å². The van der Waals surface area contributed by atoms with Crippen molar-refractivity contribution in [2.24, 2.45) is 0 Å². The second-order valence-corrected chi connectivity index (χ2v) is 5.90. The number of nitrogens with zero attached hydrogens (tertiary/aromatic N) is 2. The number of hydrogen-bond donors (Lipinski definition) is 1. The van der Waals surface area contributed by atoms with E-state index < -0.39 is 0 Å². The minimum atomic E-state index is 0.740. The van der Waals surface area contributed by atoms with Crippen LogP contribution >= 0.6 is 23.1 Å². The molecule has 3 nitrogen and oxygen atoms in total. The van der Waals surface area contributed by atoms with Crippen LogP contribution in [0.1, 0.15) is 16.1 Å². The van der Waals surface area contributed by atoms with E-state index in [-0.39, 0.29) is 0 Å². The van der Waals surface area contributed by atoms with Crippen LogP contribution in [0, 0.1) is 13.8 Å². The zero-order valence-electron chi connectivity index (χ0n) is 10.2. The van der Waals surface area contributed by atoms with Gasteiger partial charge < -0.3 is 5.32 Å². The van der Waals surface area contributed by atoms with Gasteiger partial charge in [0.1, 0.15) is 5.01 Å². The summed E-state index contributed by atoms with van der Waals surface area (Å²) in [5, 5.41) is 12.7. The lowest BCUT2D eigenvalue weighted by Crippen LogP contribution is -2.02. The molecule has 0 aliphatic rings. The number of anilines is 1. The van der Waals surface area contributed by atoms with E-state index in [1.54, 1.807) is 23.1 Å². The van der Waals surface area contributed by atoms with Gasteiger partial charge in [0.05, 0.1) is 6.54 Å². The van der Waals surface area contributed by atoms with Gasteiger partial charge in [-0.15, -0.1) is 10.2 Å². The van der Waals surface area contributed by atoms with E-state index in [4.69, 9.17) is 0 Å². The molecule has 0 saturated heterocycles. The summed E-state index contributed by atoms with van der Waals surface area (Å²) < 4.78 is 1.02. The van der Waals surface area contributed by atoms with E-state index in [0.29, 0.717) is 0 Å². The lowest BCUT2D eigenvalue weighted by molar-refractivity contribution is 0.947. The highest BCUT2D eigenvalue weighted by atomic mass is 32.2. The molecule has 5 heteroatoms. The molecule has 0 fully saturated rings. The molecule has 17 heavy (non-hydrogen) atoms. The molecule has 0 amide bonds. The largest absolute Gasteiger partial charge is 0.378 e. The molecule has 0 aliphatic heterocycles. The van der Waals surface area contributed by atoms with Crippen LogP contribution < -0.4 is 5.32 Å². The quantitative estimate of drug-likeness (QED) is 0.859. The van der Waals surface area contributed by atoms with Gasteiger partial charge >= 0.3 is 0 Å². The Morgan fingerprint density at radius 2 is 1.94 bits per heavy atom. The molecule has 0 saturated carbocycles. The Morgan fingerprint density at radius 1 is 1.24 bits per heavy atom. The van der Waals surface area contributed by atoms with Crippen LogP contribution in [0.4, 0.5) is 5.69 Å². The molecular weight excluding hydrogens is 250 g/mol. The first-order valence-corrected chi connectivity index (χ1v) is 7.41. The topological polar surface area (TPSA) is 37.8 Å². The minimum Gasteiger partial charge on any atom is -0.378 e. The molecule has 2 aromatic rings. The summed E-state index contributed by atoms with van der Waals surface area (Å²) >= 11 is 3.28. The van der Waals surface area contributed by atoms with Gasteiger partial charge in [-0.1, -0.05) is 41.3 Å². The van der Waals surface area contributed by atoms with Crippen molar-refractivity contribution in [3.63, 3.8) is 0 Å². The van der Waals surface area contributed by atoms with Crippen LogP contribution in [0.5, 0.6) is 0 Å². The number of benzene rings is 1. The highest BCUT2D eigenvalue weighted by Crippen LogP contribution is 2.23. The zero-order valence-corrected chi connectivity index (χ0v) is 11.8. The third kappa shape index (κ3) is 2.98. The van der Waals surface area contributed by atoms with Crippen molar-refractivity contribution in [2.75, 3.05) is 11.6 Å². The molecule has 0 spiro atoms. The first kappa shape index (κ1) is 12.4. The maximum absolute atomic E-state index is 4.15. The Morgan fingerprint density at radius 3 is 2.53 bits per heavy atom. The number of nitrogens with one attached hydrogen (secondary N) is 1. The first-order valence-electron chi connectivity index (χ1n) is 5.37. The van der Waals surface area contributed by atoms with Crippen LogP contribution in [0.2, 0.25) is 0 Å². The standard InChI is InChI=1S/C12H15N3S2/c1-8-5-4-6-9(2)11(8)13-7-10-14-15-12(16-3)17-10/h4-6,13H,7H2,1-3H3. The van der Waals surface area contributed by atoms with Crippen molar-refractivity contribution in [1.29, 1.82) is 0 Å². The van der Waals surface area contributed by atoms with Gasteiger partial charge in [0.25, 0.3) is 0 Å². The third-order valence-corrected chi connectivity index (χ3v) is 4.42. The fourth-order valence-electron chi connectivity index (χ4n) is 1.65. The second kappa shape index (κ2) is 5.51. The third-order valence-electron chi connectivity index (χ3n) is 2.52. The van der Waals surface area contributed by atoms with E-state index >= 15 is 0 Å². The lowest BCUT2D eigenvalue weighted by Gasteiger charge is -2.10. The molecule has 0 unspecified atom stereocenters. The second-order valence-electron chi connectivity index (χ2n) is 3.79. The predicted octanol–water partition coefficient (Wildman–Crippen LogP) is 3.49. The number of hydrogen-bond acceptors (Lipinski definition) is 5. The summed E-state index contributed by atoms with van der Waals surface area (Å²) in [5.41, 5.74) is 3.73.